The average molecular weight is 288 g/mol. The Morgan fingerprint density at radius 2 is 1.45 bits per heavy atom. The number of hydrogen-bond acceptors (Lipinski definition) is 1. The number of rotatable bonds is 2. The molecule has 0 N–H and O–H groups in total. The van der Waals surface area contributed by atoms with Crippen LogP contribution in [0.15, 0.2) is 36.4 Å². The standard InChI is InChI=1S/C14H9F5O/c1-8-2-7-11(13(16)12(8)15)9-3-5-10(6-4-9)20-14(17,18)19/h2-7H,1H3. The number of aryl methyl sites for hydroxylation is 1. The van der Waals surface area contributed by atoms with E-state index in [2.05, 4.69) is 4.74 Å². The minimum atomic E-state index is -4.79. The van der Waals surface area contributed by atoms with Gasteiger partial charge in [-0.3, -0.25) is 0 Å². The molecular formula is C14H9F5O. The van der Waals surface area contributed by atoms with Crippen molar-refractivity contribution in [3.8, 4) is 16.9 Å². The fourth-order valence-corrected chi connectivity index (χ4v) is 1.71. The van der Waals surface area contributed by atoms with Crippen molar-refractivity contribution in [1.82, 2.24) is 0 Å². The van der Waals surface area contributed by atoms with Crippen molar-refractivity contribution >= 4 is 0 Å². The minimum absolute atomic E-state index is 0.0216. The van der Waals surface area contributed by atoms with Gasteiger partial charge in [0.25, 0.3) is 0 Å². The second kappa shape index (κ2) is 5.11. The van der Waals surface area contributed by atoms with Crippen LogP contribution in [0.25, 0.3) is 11.1 Å². The topological polar surface area (TPSA) is 9.23 Å². The largest absolute Gasteiger partial charge is 0.573 e. The van der Waals surface area contributed by atoms with Crippen LogP contribution in [-0.4, -0.2) is 6.36 Å². The highest BCUT2D eigenvalue weighted by Crippen LogP contribution is 2.29. The first kappa shape index (κ1) is 14.3. The lowest BCUT2D eigenvalue weighted by molar-refractivity contribution is -0.274. The zero-order chi connectivity index (χ0) is 14.9. The smallest absolute Gasteiger partial charge is 0.406 e. The van der Waals surface area contributed by atoms with E-state index in [9.17, 15) is 22.0 Å². The molecule has 0 radical (unpaired) electrons. The van der Waals surface area contributed by atoms with Crippen molar-refractivity contribution in [3.63, 3.8) is 0 Å². The molecule has 0 saturated heterocycles. The van der Waals surface area contributed by atoms with Gasteiger partial charge in [-0.05, 0) is 30.2 Å². The second-order valence-electron chi connectivity index (χ2n) is 4.13. The van der Waals surface area contributed by atoms with E-state index in [-0.39, 0.29) is 16.7 Å². The quantitative estimate of drug-likeness (QED) is 0.718. The molecule has 0 saturated carbocycles. The van der Waals surface area contributed by atoms with Gasteiger partial charge in [0.15, 0.2) is 11.6 Å². The second-order valence-corrected chi connectivity index (χ2v) is 4.13. The first-order valence-corrected chi connectivity index (χ1v) is 5.59. The van der Waals surface area contributed by atoms with Gasteiger partial charge in [-0.15, -0.1) is 13.2 Å². The molecule has 0 aliphatic heterocycles. The Kier molecular flexibility index (Phi) is 3.65. The van der Waals surface area contributed by atoms with E-state index in [0.717, 1.165) is 12.1 Å². The summed E-state index contributed by atoms with van der Waals surface area (Å²) in [7, 11) is 0. The van der Waals surface area contributed by atoms with Gasteiger partial charge < -0.3 is 4.74 Å². The molecule has 1 nitrogen and oxygen atoms in total. The van der Waals surface area contributed by atoms with Gasteiger partial charge in [0, 0.05) is 5.56 Å². The lowest BCUT2D eigenvalue weighted by Crippen LogP contribution is -2.16. The van der Waals surface area contributed by atoms with E-state index in [4.69, 9.17) is 0 Å². The minimum Gasteiger partial charge on any atom is -0.406 e. The van der Waals surface area contributed by atoms with Crippen LogP contribution in [0.5, 0.6) is 5.75 Å². The normalized spacial score (nSPS) is 11.5. The summed E-state index contributed by atoms with van der Waals surface area (Å²) in [6, 6.07) is 7.31. The van der Waals surface area contributed by atoms with E-state index in [1.54, 1.807) is 0 Å². The third kappa shape index (κ3) is 3.07. The molecule has 20 heavy (non-hydrogen) atoms. The van der Waals surface area contributed by atoms with Crippen molar-refractivity contribution < 1.29 is 26.7 Å². The number of hydrogen-bond donors (Lipinski definition) is 0. The van der Waals surface area contributed by atoms with Crippen LogP contribution in [0.2, 0.25) is 0 Å². The van der Waals surface area contributed by atoms with Crippen LogP contribution in [0.1, 0.15) is 5.56 Å². The molecule has 0 aliphatic rings. The molecule has 2 aromatic rings. The summed E-state index contributed by atoms with van der Waals surface area (Å²) in [5.41, 5.74) is 0.394. The molecule has 106 valence electrons. The molecule has 0 bridgehead atoms. The van der Waals surface area contributed by atoms with Crippen LogP contribution in [-0.2, 0) is 0 Å². The average Bonchev–Trinajstić information content (AvgIpc) is 2.36. The first-order chi connectivity index (χ1) is 9.28. The zero-order valence-electron chi connectivity index (χ0n) is 10.3. The fraction of sp³-hybridized carbons (Fsp3) is 0.143. The number of ether oxygens (including phenoxy) is 1. The maximum atomic E-state index is 13.7. The summed E-state index contributed by atoms with van der Waals surface area (Å²) in [6.45, 7) is 1.42. The molecule has 0 aliphatic carbocycles. The molecule has 2 rings (SSSR count). The van der Waals surface area contributed by atoms with Crippen molar-refractivity contribution in [2.45, 2.75) is 13.3 Å². The summed E-state index contributed by atoms with van der Waals surface area (Å²) in [5.74, 6) is -2.43. The maximum Gasteiger partial charge on any atom is 0.573 e. The highest BCUT2D eigenvalue weighted by Gasteiger charge is 2.31. The highest BCUT2D eigenvalue weighted by molar-refractivity contribution is 5.65. The van der Waals surface area contributed by atoms with Crippen LogP contribution >= 0.6 is 0 Å². The van der Waals surface area contributed by atoms with Gasteiger partial charge in [-0.1, -0.05) is 24.3 Å². The molecule has 0 unspecified atom stereocenters. The van der Waals surface area contributed by atoms with Gasteiger partial charge in [-0.2, -0.15) is 0 Å². The molecule has 0 fully saturated rings. The summed E-state index contributed by atoms with van der Waals surface area (Å²) in [4.78, 5) is 0. The van der Waals surface area contributed by atoms with Crippen molar-refractivity contribution in [3.05, 3.63) is 53.6 Å². The fourth-order valence-electron chi connectivity index (χ4n) is 1.71. The van der Waals surface area contributed by atoms with E-state index in [1.807, 2.05) is 0 Å². The summed E-state index contributed by atoms with van der Waals surface area (Å²) >= 11 is 0. The third-order valence-electron chi connectivity index (χ3n) is 2.67. The van der Waals surface area contributed by atoms with Gasteiger partial charge in [0.2, 0.25) is 0 Å². The third-order valence-corrected chi connectivity index (χ3v) is 2.67. The lowest BCUT2D eigenvalue weighted by Gasteiger charge is -2.10. The molecule has 0 atom stereocenters. The molecular weight excluding hydrogens is 279 g/mol. The van der Waals surface area contributed by atoms with Gasteiger partial charge >= 0.3 is 6.36 Å². The lowest BCUT2D eigenvalue weighted by atomic mass is 10.0. The van der Waals surface area contributed by atoms with Crippen LogP contribution in [0, 0.1) is 18.6 Å². The zero-order valence-corrected chi connectivity index (χ0v) is 10.3. The van der Waals surface area contributed by atoms with E-state index >= 15 is 0 Å². The van der Waals surface area contributed by atoms with Crippen molar-refractivity contribution in [1.29, 1.82) is 0 Å². The molecule has 0 aromatic heterocycles. The summed E-state index contributed by atoms with van der Waals surface area (Å²) in [6.07, 6.45) is -4.79. The van der Waals surface area contributed by atoms with Crippen LogP contribution in [0.4, 0.5) is 22.0 Å². The molecule has 0 amide bonds. The summed E-state index contributed by atoms with van der Waals surface area (Å²) < 4.78 is 66.8. The number of benzene rings is 2. The maximum absolute atomic E-state index is 13.7. The number of halogens is 5. The Hall–Kier alpha value is -2.11. The van der Waals surface area contributed by atoms with Gasteiger partial charge in [0.05, 0.1) is 0 Å². The Balaban J connectivity index is 2.33. The predicted molar refractivity (Wildman–Crippen MR) is 63.2 cm³/mol. The SMILES string of the molecule is Cc1ccc(-c2ccc(OC(F)(F)F)cc2)c(F)c1F. The van der Waals surface area contributed by atoms with Crippen LogP contribution < -0.4 is 4.74 Å². The molecule has 0 spiro atoms. The van der Waals surface area contributed by atoms with Crippen LogP contribution in [0.3, 0.4) is 0 Å². The number of alkyl halides is 3. The Bertz CT molecular complexity index is 617. The highest BCUT2D eigenvalue weighted by atomic mass is 19.4. The van der Waals surface area contributed by atoms with E-state index in [0.29, 0.717) is 0 Å². The van der Waals surface area contributed by atoms with Crippen molar-refractivity contribution in [2.75, 3.05) is 0 Å². The molecule has 0 heterocycles. The van der Waals surface area contributed by atoms with E-state index in [1.165, 1.54) is 31.2 Å². The Labute approximate surface area is 111 Å². The monoisotopic (exact) mass is 288 g/mol. The Morgan fingerprint density at radius 3 is 2.00 bits per heavy atom. The summed E-state index contributed by atoms with van der Waals surface area (Å²) in [5, 5.41) is 0. The van der Waals surface area contributed by atoms with Crippen molar-refractivity contribution in [2.24, 2.45) is 0 Å². The Morgan fingerprint density at radius 1 is 0.850 bits per heavy atom. The van der Waals surface area contributed by atoms with Gasteiger partial charge in [-0.25, -0.2) is 8.78 Å². The predicted octanol–water partition coefficient (Wildman–Crippen LogP) is 4.84. The van der Waals surface area contributed by atoms with E-state index < -0.39 is 23.7 Å². The van der Waals surface area contributed by atoms with Gasteiger partial charge in [0.1, 0.15) is 5.75 Å². The molecule has 6 heteroatoms. The first-order valence-electron chi connectivity index (χ1n) is 5.59. The molecule has 2 aromatic carbocycles.